The number of rotatable bonds is 5. The van der Waals surface area contributed by atoms with Crippen molar-refractivity contribution in [1.82, 2.24) is 5.32 Å². The quantitative estimate of drug-likeness (QED) is 0.782. The zero-order valence-electron chi connectivity index (χ0n) is 13.8. The summed E-state index contributed by atoms with van der Waals surface area (Å²) in [5.74, 6) is 1.29. The molecule has 2 amide bonds. The molecule has 2 aliphatic carbocycles. The Balaban J connectivity index is 1.61. The predicted molar refractivity (Wildman–Crippen MR) is 89.2 cm³/mol. The summed E-state index contributed by atoms with van der Waals surface area (Å²) in [5.41, 5.74) is 1.78. The van der Waals surface area contributed by atoms with Crippen LogP contribution in [0.3, 0.4) is 0 Å². The summed E-state index contributed by atoms with van der Waals surface area (Å²) in [5, 5.41) is 15.6. The highest BCUT2D eigenvalue weighted by molar-refractivity contribution is 5.89. The molecule has 126 valence electrons. The average Bonchev–Trinajstić information content (AvgIpc) is 3.15. The van der Waals surface area contributed by atoms with Crippen molar-refractivity contribution in [3.05, 3.63) is 29.8 Å². The van der Waals surface area contributed by atoms with Crippen molar-refractivity contribution in [1.29, 1.82) is 0 Å². The van der Waals surface area contributed by atoms with Crippen molar-refractivity contribution in [3.8, 4) is 0 Å². The maximum atomic E-state index is 12.3. The lowest BCUT2D eigenvalue weighted by atomic mass is 9.85. The second-order valence-corrected chi connectivity index (χ2v) is 6.81. The van der Waals surface area contributed by atoms with Crippen LogP contribution >= 0.6 is 0 Å². The molecular formula is C18H26N2O3. The van der Waals surface area contributed by atoms with Crippen LogP contribution in [0.25, 0.3) is 0 Å². The molecule has 2 saturated carbocycles. The van der Waals surface area contributed by atoms with Gasteiger partial charge in [-0.3, -0.25) is 0 Å². The number of aliphatic hydroxyl groups excluding tert-OH is 1. The van der Waals surface area contributed by atoms with Gasteiger partial charge in [-0.25, -0.2) is 4.79 Å². The number of ether oxygens (including phenoxy) is 1. The lowest BCUT2D eigenvalue weighted by Gasteiger charge is -2.30. The summed E-state index contributed by atoms with van der Waals surface area (Å²) in [7, 11) is 1.67. The fourth-order valence-corrected chi connectivity index (χ4v) is 4.22. The average molecular weight is 318 g/mol. The van der Waals surface area contributed by atoms with E-state index in [0.717, 1.165) is 24.1 Å². The monoisotopic (exact) mass is 318 g/mol. The molecule has 5 nitrogen and oxygen atoms in total. The molecule has 3 N–H and O–H groups in total. The summed E-state index contributed by atoms with van der Waals surface area (Å²) >= 11 is 0. The molecule has 0 spiro atoms. The zero-order valence-corrected chi connectivity index (χ0v) is 13.8. The summed E-state index contributed by atoms with van der Waals surface area (Å²) in [4.78, 5) is 12.3. The number of urea groups is 1. The molecule has 0 unspecified atom stereocenters. The summed E-state index contributed by atoms with van der Waals surface area (Å²) in [6.07, 6.45) is 3.47. The van der Waals surface area contributed by atoms with Crippen molar-refractivity contribution >= 4 is 11.7 Å². The van der Waals surface area contributed by atoms with Crippen molar-refractivity contribution in [2.45, 2.75) is 38.3 Å². The van der Waals surface area contributed by atoms with Gasteiger partial charge in [-0.1, -0.05) is 12.1 Å². The maximum absolute atomic E-state index is 12.3. The Kier molecular flexibility index (Phi) is 4.87. The van der Waals surface area contributed by atoms with Crippen LogP contribution < -0.4 is 10.6 Å². The Morgan fingerprint density at radius 3 is 2.91 bits per heavy atom. The van der Waals surface area contributed by atoms with Gasteiger partial charge in [-0.2, -0.15) is 0 Å². The first kappa shape index (κ1) is 16.3. The minimum absolute atomic E-state index is 0.0100. The lowest BCUT2D eigenvalue weighted by Crippen LogP contribution is -2.46. The first-order chi connectivity index (χ1) is 11.1. The fourth-order valence-electron chi connectivity index (χ4n) is 4.22. The van der Waals surface area contributed by atoms with Gasteiger partial charge < -0.3 is 20.5 Å². The summed E-state index contributed by atoms with van der Waals surface area (Å²) < 4.78 is 5.31. The van der Waals surface area contributed by atoms with Gasteiger partial charge >= 0.3 is 6.03 Å². The largest absolute Gasteiger partial charge is 0.396 e. The van der Waals surface area contributed by atoms with E-state index < -0.39 is 0 Å². The molecule has 0 aromatic heterocycles. The molecular weight excluding hydrogens is 292 g/mol. The second kappa shape index (κ2) is 6.89. The molecule has 2 aliphatic rings. The van der Waals surface area contributed by atoms with Crippen molar-refractivity contribution in [2.24, 2.45) is 17.8 Å². The van der Waals surface area contributed by atoms with E-state index in [9.17, 15) is 9.90 Å². The smallest absolute Gasteiger partial charge is 0.319 e. The number of hydrogen-bond donors (Lipinski definition) is 3. The Morgan fingerprint density at radius 2 is 2.17 bits per heavy atom. The van der Waals surface area contributed by atoms with Crippen molar-refractivity contribution in [2.75, 3.05) is 19.0 Å². The highest BCUT2D eigenvalue weighted by Crippen LogP contribution is 2.48. The summed E-state index contributed by atoms with van der Waals surface area (Å²) in [6.45, 7) is 2.13. The van der Waals surface area contributed by atoms with Gasteiger partial charge in [0.2, 0.25) is 0 Å². The highest BCUT2D eigenvalue weighted by Gasteiger charge is 2.47. The normalized spacial score (nSPS) is 30.2. The second-order valence-electron chi connectivity index (χ2n) is 6.81. The minimum atomic E-state index is -0.191. The molecule has 2 bridgehead atoms. The Labute approximate surface area is 137 Å². The molecule has 23 heavy (non-hydrogen) atoms. The maximum Gasteiger partial charge on any atom is 0.319 e. The molecule has 1 aromatic rings. The Bertz CT molecular complexity index is 563. The number of amides is 2. The van der Waals surface area contributed by atoms with E-state index in [1.165, 1.54) is 6.42 Å². The van der Waals surface area contributed by atoms with E-state index in [1.54, 1.807) is 7.11 Å². The molecule has 0 aliphatic heterocycles. The Hall–Kier alpha value is -1.59. The third kappa shape index (κ3) is 3.35. The first-order valence-corrected chi connectivity index (χ1v) is 8.43. The molecule has 5 heteroatoms. The number of aliphatic hydroxyl groups is 1. The third-order valence-electron chi connectivity index (χ3n) is 5.56. The SMILES string of the molecule is CO[C@H](C)c1cccc(NC(=O)N[C@H]2[C@H]3CC[C@@H](C3)[C@H]2CO)c1. The number of carbonyl (C=O) groups excluding carboxylic acids is 1. The van der Waals surface area contributed by atoms with Gasteiger partial charge in [0.25, 0.3) is 0 Å². The molecule has 3 rings (SSSR count). The predicted octanol–water partition coefficient (Wildman–Crippen LogP) is 2.92. The third-order valence-corrected chi connectivity index (χ3v) is 5.56. The van der Waals surface area contributed by atoms with Crippen LogP contribution in [-0.2, 0) is 4.74 Å². The number of carbonyl (C=O) groups is 1. The fraction of sp³-hybridized carbons (Fsp3) is 0.611. The van der Waals surface area contributed by atoms with Gasteiger partial charge in [-0.15, -0.1) is 0 Å². The molecule has 0 heterocycles. The van der Waals surface area contributed by atoms with Gasteiger partial charge in [0, 0.05) is 31.4 Å². The van der Waals surface area contributed by atoms with E-state index in [-0.39, 0.29) is 30.7 Å². The standard InChI is InChI=1S/C18H26N2O3/c1-11(23-2)12-4-3-5-15(9-12)19-18(22)20-17-14-7-6-13(8-14)16(17)10-21/h3-5,9,11,13-14,16-17,21H,6-8,10H2,1-2H3,(H2,19,20,22)/t11-,13+,14+,16-,17+/m1/s1. The number of nitrogens with one attached hydrogen (secondary N) is 2. The summed E-state index contributed by atoms with van der Waals surface area (Å²) in [6, 6.07) is 7.60. The van der Waals surface area contributed by atoms with Crippen LogP contribution in [0, 0.1) is 17.8 Å². The molecule has 0 radical (unpaired) electrons. The molecule has 5 atom stereocenters. The number of fused-ring (bicyclic) bond motifs is 2. The van der Waals surface area contributed by atoms with E-state index in [4.69, 9.17) is 4.74 Å². The molecule has 1 aromatic carbocycles. The lowest BCUT2D eigenvalue weighted by molar-refractivity contribution is 0.119. The highest BCUT2D eigenvalue weighted by atomic mass is 16.5. The van der Waals surface area contributed by atoms with Crippen LogP contribution in [0.1, 0.15) is 37.9 Å². The van der Waals surface area contributed by atoms with E-state index in [0.29, 0.717) is 11.8 Å². The topological polar surface area (TPSA) is 70.6 Å². The Morgan fingerprint density at radius 1 is 1.39 bits per heavy atom. The van der Waals surface area contributed by atoms with Crippen LogP contribution in [0.2, 0.25) is 0 Å². The number of anilines is 1. The van der Waals surface area contributed by atoms with E-state index in [1.807, 2.05) is 31.2 Å². The van der Waals surface area contributed by atoms with Gasteiger partial charge in [-0.05, 0) is 55.7 Å². The number of benzene rings is 1. The van der Waals surface area contributed by atoms with Crippen LogP contribution in [0.15, 0.2) is 24.3 Å². The first-order valence-electron chi connectivity index (χ1n) is 8.43. The molecule has 0 saturated heterocycles. The van der Waals surface area contributed by atoms with Crippen LogP contribution in [0.4, 0.5) is 10.5 Å². The van der Waals surface area contributed by atoms with Crippen molar-refractivity contribution < 1.29 is 14.6 Å². The van der Waals surface area contributed by atoms with Crippen LogP contribution in [0.5, 0.6) is 0 Å². The van der Waals surface area contributed by atoms with Gasteiger partial charge in [0.1, 0.15) is 0 Å². The zero-order chi connectivity index (χ0) is 16.4. The number of hydrogen-bond acceptors (Lipinski definition) is 3. The van der Waals surface area contributed by atoms with E-state index >= 15 is 0 Å². The number of methoxy groups -OCH3 is 1. The van der Waals surface area contributed by atoms with Gasteiger partial charge in [0.05, 0.1) is 6.10 Å². The van der Waals surface area contributed by atoms with Gasteiger partial charge in [0.15, 0.2) is 0 Å². The van der Waals surface area contributed by atoms with Crippen molar-refractivity contribution in [3.63, 3.8) is 0 Å². The van der Waals surface area contributed by atoms with Crippen LogP contribution in [-0.4, -0.2) is 30.9 Å². The minimum Gasteiger partial charge on any atom is -0.396 e. The van der Waals surface area contributed by atoms with E-state index in [2.05, 4.69) is 10.6 Å². The molecule has 2 fully saturated rings.